The second-order valence-corrected chi connectivity index (χ2v) is 21.7. The van der Waals surface area contributed by atoms with Gasteiger partial charge >= 0.3 is 5.97 Å². The van der Waals surface area contributed by atoms with Gasteiger partial charge in [0.25, 0.3) is 0 Å². The molecular weight excluding hydrogens is 984 g/mol. The second-order valence-electron chi connectivity index (χ2n) is 21.4. The SMILES string of the molecule is CCCCCCCCCCCC(CC(=O)NC1C(OC(=O)CC(CCCCCCCCCCC)OC)[C@@H](OP)C(CO)O[C@H]1OCC1O[C@@H](O)C(NC(=O)CC(CCCCCCCCCCC)OC)C(O)[C@H]1O)OC. The molecule has 2 saturated heterocycles. The first-order valence-electron chi connectivity index (χ1n) is 29.7. The van der Waals surface area contributed by atoms with Gasteiger partial charge in [0.1, 0.15) is 42.6 Å². The van der Waals surface area contributed by atoms with Gasteiger partial charge < -0.3 is 68.7 Å². The number of unbranched alkanes of at least 4 members (excludes halogenated alkanes) is 24. The molecule has 6 N–H and O–H groups in total. The average molecular weight is 1090 g/mol. The van der Waals surface area contributed by atoms with E-state index in [2.05, 4.69) is 40.9 Å². The van der Waals surface area contributed by atoms with Crippen LogP contribution in [-0.2, 0) is 52.1 Å². The summed E-state index contributed by atoms with van der Waals surface area (Å²) >= 11 is 0. The lowest BCUT2D eigenvalue weighted by Crippen LogP contribution is -2.67. The summed E-state index contributed by atoms with van der Waals surface area (Å²) in [6, 6.07) is -2.58. The summed E-state index contributed by atoms with van der Waals surface area (Å²) in [4.78, 5) is 41.0. The van der Waals surface area contributed by atoms with E-state index >= 15 is 0 Å². The monoisotopic (exact) mass is 1090 g/mol. The molecule has 0 spiro atoms. The smallest absolute Gasteiger partial charge is 0.308 e. The van der Waals surface area contributed by atoms with E-state index in [1.807, 2.05) is 0 Å². The van der Waals surface area contributed by atoms with Crippen LogP contribution in [0, 0.1) is 0 Å². The van der Waals surface area contributed by atoms with E-state index in [4.69, 9.17) is 37.7 Å². The largest absolute Gasteiger partial charge is 0.457 e. The summed E-state index contributed by atoms with van der Waals surface area (Å²) in [5.74, 6) is -1.53. The summed E-state index contributed by atoms with van der Waals surface area (Å²) < 4.78 is 47.1. The predicted molar refractivity (Wildman–Crippen MR) is 295 cm³/mol. The van der Waals surface area contributed by atoms with E-state index in [9.17, 15) is 34.8 Å². The van der Waals surface area contributed by atoms with Crippen LogP contribution in [0.25, 0.3) is 0 Å². The van der Waals surface area contributed by atoms with Gasteiger partial charge in [-0.1, -0.05) is 194 Å². The van der Waals surface area contributed by atoms with Crippen LogP contribution in [0.2, 0.25) is 0 Å². The highest BCUT2D eigenvalue weighted by atomic mass is 31.0. The Morgan fingerprint density at radius 3 is 1.28 bits per heavy atom. The predicted octanol–water partition coefficient (Wildman–Crippen LogP) is 9.19. The summed E-state index contributed by atoms with van der Waals surface area (Å²) in [6.45, 7) is 5.56. The van der Waals surface area contributed by atoms with Gasteiger partial charge in [0.05, 0.1) is 50.8 Å². The molecule has 0 bridgehead atoms. The normalized spacial score (nSPS) is 25.2. The molecule has 0 aromatic rings. The number of methoxy groups -OCH3 is 3. The molecule has 10 unspecified atom stereocenters. The van der Waals surface area contributed by atoms with Gasteiger partial charge in [0.2, 0.25) is 11.8 Å². The molecule has 2 aliphatic heterocycles. The Morgan fingerprint density at radius 2 is 0.893 bits per heavy atom. The number of carbonyl (C=O) groups is 3. The summed E-state index contributed by atoms with van der Waals surface area (Å²) in [5, 5.41) is 49.8. The maximum atomic E-state index is 14.0. The fourth-order valence-corrected chi connectivity index (χ4v) is 10.7. The molecule has 0 saturated carbocycles. The maximum absolute atomic E-state index is 14.0. The number of nitrogens with one attached hydrogen (secondary N) is 2. The van der Waals surface area contributed by atoms with Crippen molar-refractivity contribution >= 4 is 27.3 Å². The Hall–Kier alpha value is -1.60. The van der Waals surface area contributed by atoms with Gasteiger partial charge in [-0.05, 0) is 19.3 Å². The lowest BCUT2D eigenvalue weighted by molar-refractivity contribution is -0.296. The van der Waals surface area contributed by atoms with Crippen LogP contribution >= 0.6 is 9.47 Å². The number of rotatable bonds is 47. The van der Waals surface area contributed by atoms with E-state index in [-0.39, 0.29) is 25.4 Å². The quantitative estimate of drug-likeness (QED) is 0.0190. The Bertz CT molecular complexity index is 1420. The van der Waals surface area contributed by atoms with Crippen LogP contribution < -0.4 is 10.6 Å². The zero-order chi connectivity index (χ0) is 55.1. The molecule has 2 amide bonds. The van der Waals surface area contributed by atoms with E-state index < -0.39 is 104 Å². The lowest BCUT2D eigenvalue weighted by Gasteiger charge is -2.46. The number of esters is 1. The van der Waals surface area contributed by atoms with E-state index in [1.54, 1.807) is 21.3 Å². The molecule has 0 aromatic carbocycles. The molecule has 14 atom stereocenters. The van der Waals surface area contributed by atoms with Gasteiger partial charge in [0, 0.05) is 30.8 Å². The summed E-state index contributed by atoms with van der Waals surface area (Å²) in [7, 11) is 6.81. The molecule has 2 fully saturated rings. The number of aliphatic hydroxyl groups excluding tert-OH is 4. The number of hydrogen-bond donors (Lipinski definition) is 6. The van der Waals surface area contributed by atoms with Crippen molar-refractivity contribution in [2.24, 2.45) is 0 Å². The average Bonchev–Trinajstić information content (AvgIpc) is 3.40. The van der Waals surface area contributed by atoms with Crippen LogP contribution in [0.15, 0.2) is 0 Å². The Balaban J connectivity index is 2.17. The number of carbonyl (C=O) groups excluding carboxylic acids is 3. The van der Waals surface area contributed by atoms with Crippen molar-refractivity contribution in [1.29, 1.82) is 0 Å². The van der Waals surface area contributed by atoms with Gasteiger partial charge in [0.15, 0.2) is 18.7 Å². The van der Waals surface area contributed by atoms with Crippen molar-refractivity contribution in [3.63, 3.8) is 0 Å². The van der Waals surface area contributed by atoms with Crippen LogP contribution in [0.1, 0.15) is 233 Å². The van der Waals surface area contributed by atoms with Crippen molar-refractivity contribution in [3.05, 3.63) is 0 Å². The first kappa shape index (κ1) is 69.5. The number of amides is 2. The molecule has 17 nitrogen and oxygen atoms in total. The minimum atomic E-state index is -1.74. The molecular formula is C57H109N2O15P. The third-order valence-corrected chi connectivity index (χ3v) is 15.5. The van der Waals surface area contributed by atoms with Gasteiger partial charge in [-0.2, -0.15) is 0 Å². The standard InChI is InChI=1S/C57H109N2O15P/c1-7-10-13-16-19-22-25-28-31-34-42(67-4)37-47(61)58-50-53(65)52(64)46(71-56(50)66)41-70-57-51(59-48(62)38-43(68-5)35-32-29-26-23-20-17-14-11-8-2)55(54(74-75)45(40-60)72-57)73-49(63)39-44(69-6)36-33-30-27-24-21-18-15-12-9-3/h42-46,50-57,60,64-66H,7-41,75H2,1-6H3,(H,58,61)(H,59,62)/t42?,43?,44?,45?,46?,50?,51?,52-,53?,54-,55?,56+,57+/m0/s1. The highest BCUT2D eigenvalue weighted by Crippen LogP contribution is 2.31. The Morgan fingerprint density at radius 1 is 0.507 bits per heavy atom. The van der Waals surface area contributed by atoms with Crippen LogP contribution in [0.5, 0.6) is 0 Å². The minimum Gasteiger partial charge on any atom is -0.457 e. The maximum Gasteiger partial charge on any atom is 0.308 e. The number of hydrogen-bond acceptors (Lipinski definition) is 15. The number of ether oxygens (including phenoxy) is 7. The summed E-state index contributed by atoms with van der Waals surface area (Å²) in [6.07, 6.45) is 20.9. The molecule has 2 heterocycles. The summed E-state index contributed by atoms with van der Waals surface area (Å²) in [5.41, 5.74) is 0. The van der Waals surface area contributed by atoms with Crippen molar-refractivity contribution in [2.75, 3.05) is 34.5 Å². The fraction of sp³-hybridized carbons (Fsp3) is 0.947. The zero-order valence-corrected chi connectivity index (χ0v) is 48.8. The molecule has 2 aliphatic rings. The van der Waals surface area contributed by atoms with Gasteiger partial charge in [-0.3, -0.25) is 14.4 Å². The molecule has 0 radical (unpaired) electrons. The Labute approximate surface area is 455 Å². The van der Waals surface area contributed by atoms with Crippen LogP contribution in [-0.4, -0.2) is 152 Å². The van der Waals surface area contributed by atoms with Crippen molar-refractivity contribution in [2.45, 2.75) is 312 Å². The second kappa shape index (κ2) is 44.2. The van der Waals surface area contributed by atoms with E-state index in [0.717, 1.165) is 57.8 Å². The zero-order valence-electron chi connectivity index (χ0n) is 47.6. The van der Waals surface area contributed by atoms with Crippen molar-refractivity contribution in [1.82, 2.24) is 10.6 Å². The third-order valence-electron chi connectivity index (χ3n) is 15.2. The van der Waals surface area contributed by atoms with E-state index in [1.165, 1.54) is 116 Å². The molecule has 0 aliphatic carbocycles. The molecule has 2 rings (SSSR count). The van der Waals surface area contributed by atoms with Crippen LogP contribution in [0.3, 0.4) is 0 Å². The first-order valence-corrected chi connectivity index (χ1v) is 30.2. The van der Waals surface area contributed by atoms with E-state index in [0.29, 0.717) is 19.3 Å². The van der Waals surface area contributed by atoms with Gasteiger partial charge in [-0.15, -0.1) is 0 Å². The highest BCUT2D eigenvalue weighted by molar-refractivity contribution is 7.09. The minimum absolute atomic E-state index is 0.00717. The van der Waals surface area contributed by atoms with Crippen LogP contribution in [0.4, 0.5) is 0 Å². The van der Waals surface area contributed by atoms with Crippen molar-refractivity contribution < 1.29 is 72.5 Å². The van der Waals surface area contributed by atoms with Crippen molar-refractivity contribution in [3.8, 4) is 0 Å². The third kappa shape index (κ3) is 29.4. The highest BCUT2D eigenvalue weighted by Gasteiger charge is 2.51. The molecule has 18 heteroatoms. The molecule has 442 valence electrons. The Kier molecular flexibility index (Phi) is 40.9. The number of aliphatic hydroxyl groups is 4. The topological polar surface area (TPSA) is 230 Å². The first-order chi connectivity index (χ1) is 36.4. The molecule has 75 heavy (non-hydrogen) atoms. The van der Waals surface area contributed by atoms with Gasteiger partial charge in [-0.25, -0.2) is 0 Å². The fourth-order valence-electron chi connectivity index (χ4n) is 10.3. The lowest BCUT2D eigenvalue weighted by atomic mass is 9.95. The molecule has 0 aromatic heterocycles.